The largest absolute Gasteiger partial charge is 0.486 e. The van der Waals surface area contributed by atoms with Gasteiger partial charge in [0.1, 0.15) is 19.0 Å². The summed E-state index contributed by atoms with van der Waals surface area (Å²) in [4.78, 5) is 12.0. The van der Waals surface area contributed by atoms with Gasteiger partial charge in [-0.3, -0.25) is 4.79 Å². The van der Waals surface area contributed by atoms with Gasteiger partial charge in [-0.15, -0.1) is 0 Å². The third-order valence-electron chi connectivity index (χ3n) is 4.84. The molecular formula is C16H20O3. The Balaban J connectivity index is 1.93. The highest BCUT2D eigenvalue weighted by Crippen LogP contribution is 2.55. The Morgan fingerprint density at radius 3 is 2.47 bits per heavy atom. The van der Waals surface area contributed by atoms with Gasteiger partial charge >= 0.3 is 0 Å². The molecule has 0 spiro atoms. The summed E-state index contributed by atoms with van der Waals surface area (Å²) in [6, 6.07) is 6.12. The summed E-state index contributed by atoms with van der Waals surface area (Å²) in [6.07, 6.45) is 2.50. The zero-order valence-electron chi connectivity index (χ0n) is 11.6. The summed E-state index contributed by atoms with van der Waals surface area (Å²) >= 11 is 0. The molecule has 1 aliphatic carbocycles. The second-order valence-electron chi connectivity index (χ2n) is 5.45. The van der Waals surface area contributed by atoms with Gasteiger partial charge in [-0.25, -0.2) is 0 Å². The van der Waals surface area contributed by atoms with Crippen molar-refractivity contribution in [3.8, 4) is 11.5 Å². The highest BCUT2D eigenvalue weighted by molar-refractivity contribution is 5.93. The van der Waals surface area contributed by atoms with Gasteiger partial charge in [-0.05, 0) is 30.5 Å². The summed E-state index contributed by atoms with van der Waals surface area (Å²) in [6.45, 7) is 5.45. The van der Waals surface area contributed by atoms with E-state index in [0.717, 1.165) is 24.3 Å². The molecule has 1 atom stereocenters. The second-order valence-corrected chi connectivity index (χ2v) is 5.45. The van der Waals surface area contributed by atoms with Crippen molar-refractivity contribution >= 4 is 5.78 Å². The summed E-state index contributed by atoms with van der Waals surface area (Å²) in [5.74, 6) is 2.40. The normalized spacial score (nSPS) is 23.9. The molecule has 1 aromatic rings. The highest BCUT2D eigenvalue weighted by atomic mass is 16.6. The zero-order chi connectivity index (χ0) is 13.5. The number of fused-ring (bicyclic) bond motifs is 1. The van der Waals surface area contributed by atoms with Gasteiger partial charge in [0.05, 0.1) is 0 Å². The van der Waals surface area contributed by atoms with Gasteiger partial charge in [0.25, 0.3) is 0 Å². The molecule has 0 amide bonds. The maximum absolute atomic E-state index is 12.0. The van der Waals surface area contributed by atoms with Crippen molar-refractivity contribution in [3.05, 3.63) is 23.8 Å². The fourth-order valence-corrected chi connectivity index (χ4v) is 3.50. The quantitative estimate of drug-likeness (QED) is 0.836. The van der Waals surface area contributed by atoms with Crippen LogP contribution < -0.4 is 9.47 Å². The number of carbonyl (C=O) groups excluding carboxylic acids is 1. The lowest BCUT2D eigenvalue weighted by molar-refractivity contribution is -0.141. The molecule has 1 saturated carbocycles. The van der Waals surface area contributed by atoms with Crippen LogP contribution in [0.2, 0.25) is 0 Å². The van der Waals surface area contributed by atoms with Crippen LogP contribution in [0.4, 0.5) is 0 Å². The SMILES string of the molecule is CCC1(CC)C(=O)CC1c1ccc2c(c1)OCCO2. The number of Topliss-reactive ketones (excluding diaryl/α,β-unsaturated/α-hetero) is 1. The average molecular weight is 260 g/mol. The Labute approximate surface area is 113 Å². The third-order valence-corrected chi connectivity index (χ3v) is 4.84. The van der Waals surface area contributed by atoms with E-state index in [4.69, 9.17) is 9.47 Å². The first kappa shape index (κ1) is 12.5. The predicted molar refractivity (Wildman–Crippen MR) is 72.8 cm³/mol. The van der Waals surface area contributed by atoms with Crippen molar-refractivity contribution < 1.29 is 14.3 Å². The molecule has 0 N–H and O–H groups in total. The Kier molecular flexibility index (Phi) is 3.00. The molecule has 1 fully saturated rings. The van der Waals surface area contributed by atoms with Crippen molar-refractivity contribution in [2.24, 2.45) is 5.41 Å². The van der Waals surface area contributed by atoms with E-state index >= 15 is 0 Å². The summed E-state index contributed by atoms with van der Waals surface area (Å²) in [5, 5.41) is 0. The van der Waals surface area contributed by atoms with Gasteiger partial charge in [-0.1, -0.05) is 19.9 Å². The number of ketones is 1. The molecule has 3 nitrogen and oxygen atoms in total. The molecule has 1 heterocycles. The van der Waals surface area contributed by atoms with Crippen molar-refractivity contribution in [3.63, 3.8) is 0 Å². The van der Waals surface area contributed by atoms with Crippen LogP contribution in [0.1, 0.15) is 44.6 Å². The van der Waals surface area contributed by atoms with E-state index in [0.29, 0.717) is 31.3 Å². The molecule has 19 heavy (non-hydrogen) atoms. The highest BCUT2D eigenvalue weighted by Gasteiger charge is 2.52. The van der Waals surface area contributed by atoms with Crippen LogP contribution in [0, 0.1) is 5.41 Å². The number of rotatable bonds is 3. The first-order valence-electron chi connectivity index (χ1n) is 7.14. The number of hydrogen-bond acceptors (Lipinski definition) is 3. The lowest BCUT2D eigenvalue weighted by Gasteiger charge is -2.47. The number of benzene rings is 1. The maximum atomic E-state index is 12.0. The predicted octanol–water partition coefficient (Wildman–Crippen LogP) is 3.32. The van der Waals surface area contributed by atoms with Gasteiger partial charge in [0.2, 0.25) is 0 Å². The second kappa shape index (κ2) is 4.55. The van der Waals surface area contributed by atoms with E-state index in [-0.39, 0.29) is 5.41 Å². The summed E-state index contributed by atoms with van der Waals surface area (Å²) < 4.78 is 11.2. The van der Waals surface area contributed by atoms with E-state index in [2.05, 4.69) is 26.0 Å². The fourth-order valence-electron chi connectivity index (χ4n) is 3.50. The minimum Gasteiger partial charge on any atom is -0.486 e. The smallest absolute Gasteiger partial charge is 0.161 e. The van der Waals surface area contributed by atoms with Crippen molar-refractivity contribution in [1.82, 2.24) is 0 Å². The van der Waals surface area contributed by atoms with Crippen molar-refractivity contribution in [1.29, 1.82) is 0 Å². The van der Waals surface area contributed by atoms with Crippen LogP contribution in [0.3, 0.4) is 0 Å². The number of carbonyl (C=O) groups is 1. The molecule has 3 rings (SSSR count). The van der Waals surface area contributed by atoms with Gasteiger partial charge < -0.3 is 9.47 Å². The fraction of sp³-hybridized carbons (Fsp3) is 0.562. The first-order chi connectivity index (χ1) is 9.21. The van der Waals surface area contributed by atoms with Gasteiger partial charge in [0, 0.05) is 17.8 Å². The topological polar surface area (TPSA) is 35.5 Å². The molecule has 1 aliphatic heterocycles. The molecule has 0 saturated heterocycles. The van der Waals surface area contributed by atoms with Crippen LogP contribution in [0.5, 0.6) is 11.5 Å². The minimum absolute atomic E-state index is 0.149. The van der Waals surface area contributed by atoms with Crippen LogP contribution in [0.25, 0.3) is 0 Å². The van der Waals surface area contributed by atoms with E-state index in [1.807, 2.05) is 6.07 Å². The van der Waals surface area contributed by atoms with Gasteiger partial charge in [-0.2, -0.15) is 0 Å². The van der Waals surface area contributed by atoms with E-state index in [1.54, 1.807) is 0 Å². The molecule has 1 unspecified atom stereocenters. The minimum atomic E-state index is -0.149. The molecule has 2 aliphatic rings. The van der Waals surface area contributed by atoms with Gasteiger partial charge in [0.15, 0.2) is 11.5 Å². The van der Waals surface area contributed by atoms with E-state index in [1.165, 1.54) is 5.56 Å². The summed E-state index contributed by atoms with van der Waals surface area (Å²) in [5.41, 5.74) is 1.07. The monoisotopic (exact) mass is 260 g/mol. The Bertz CT molecular complexity index is 503. The Hall–Kier alpha value is -1.51. The van der Waals surface area contributed by atoms with Crippen LogP contribution in [0.15, 0.2) is 18.2 Å². The lowest BCUT2D eigenvalue weighted by atomic mass is 9.54. The molecule has 0 bridgehead atoms. The average Bonchev–Trinajstić information content (AvgIpc) is 2.45. The Morgan fingerprint density at radius 2 is 1.84 bits per heavy atom. The molecule has 0 radical (unpaired) electrons. The van der Waals surface area contributed by atoms with E-state index < -0.39 is 0 Å². The number of ether oxygens (including phenoxy) is 2. The van der Waals surface area contributed by atoms with Crippen LogP contribution in [-0.2, 0) is 4.79 Å². The molecular weight excluding hydrogens is 240 g/mol. The third kappa shape index (κ3) is 1.75. The molecule has 102 valence electrons. The molecule has 0 aromatic heterocycles. The number of hydrogen-bond donors (Lipinski definition) is 0. The lowest BCUT2D eigenvalue weighted by Crippen LogP contribution is -2.47. The van der Waals surface area contributed by atoms with E-state index in [9.17, 15) is 4.79 Å². The first-order valence-corrected chi connectivity index (χ1v) is 7.14. The molecule has 3 heteroatoms. The van der Waals surface area contributed by atoms with Crippen molar-refractivity contribution in [2.75, 3.05) is 13.2 Å². The molecule has 1 aromatic carbocycles. The standard InChI is InChI=1S/C16H20O3/c1-3-16(4-2)12(10-15(16)17)11-5-6-13-14(9-11)19-8-7-18-13/h5-6,9,12H,3-4,7-8,10H2,1-2H3. The van der Waals surface area contributed by atoms with Crippen molar-refractivity contribution in [2.45, 2.75) is 39.0 Å². The maximum Gasteiger partial charge on any atom is 0.161 e. The van der Waals surface area contributed by atoms with Crippen LogP contribution >= 0.6 is 0 Å². The zero-order valence-corrected chi connectivity index (χ0v) is 11.6. The summed E-state index contributed by atoms with van der Waals surface area (Å²) in [7, 11) is 0. The Morgan fingerprint density at radius 1 is 1.16 bits per heavy atom. The van der Waals surface area contributed by atoms with Crippen LogP contribution in [-0.4, -0.2) is 19.0 Å².